The lowest BCUT2D eigenvalue weighted by Crippen LogP contribution is -1.98. The Morgan fingerprint density at radius 1 is 1.28 bits per heavy atom. The first kappa shape index (κ1) is 10.8. The second kappa shape index (κ2) is 4.16. The zero-order chi connectivity index (χ0) is 12.5. The van der Waals surface area contributed by atoms with Gasteiger partial charge in [0.1, 0.15) is 17.9 Å². The van der Waals surface area contributed by atoms with Gasteiger partial charge in [-0.15, -0.1) is 5.10 Å². The average molecular weight is 301 g/mol. The van der Waals surface area contributed by atoms with E-state index in [0.29, 0.717) is 5.52 Å². The smallest absolute Gasteiger partial charge is 0.252 e. The van der Waals surface area contributed by atoms with E-state index in [0.717, 1.165) is 15.7 Å². The Morgan fingerprint density at radius 2 is 2.17 bits per heavy atom. The minimum atomic E-state index is 0.122. The Kier molecular flexibility index (Phi) is 2.50. The van der Waals surface area contributed by atoms with E-state index >= 15 is 0 Å². The molecule has 7 heteroatoms. The van der Waals surface area contributed by atoms with Crippen molar-refractivity contribution in [2.24, 2.45) is 0 Å². The van der Waals surface area contributed by atoms with E-state index in [1.165, 1.54) is 11.0 Å². The van der Waals surface area contributed by atoms with Crippen molar-refractivity contribution < 1.29 is 0 Å². The number of fused-ring (bicyclic) bond motifs is 1. The second-order valence-corrected chi connectivity index (χ2v) is 4.39. The van der Waals surface area contributed by atoms with E-state index in [2.05, 4.69) is 36.0 Å². The molecule has 0 aromatic carbocycles. The summed E-state index contributed by atoms with van der Waals surface area (Å²) >= 11 is 3.35. The van der Waals surface area contributed by atoms with Gasteiger partial charge in [-0.3, -0.25) is 9.97 Å². The summed E-state index contributed by atoms with van der Waals surface area (Å²) in [5.74, 6) is 0.122. The number of nitrogens with zero attached hydrogens (tertiary/aromatic N) is 6. The van der Waals surface area contributed by atoms with Crippen molar-refractivity contribution in [1.29, 1.82) is 5.26 Å². The Hall–Kier alpha value is -2.33. The van der Waals surface area contributed by atoms with Crippen molar-refractivity contribution in [3.8, 4) is 11.8 Å². The number of pyridine rings is 2. The van der Waals surface area contributed by atoms with Gasteiger partial charge in [0, 0.05) is 16.9 Å². The van der Waals surface area contributed by atoms with Gasteiger partial charge in [-0.25, -0.2) is 9.67 Å². The van der Waals surface area contributed by atoms with Crippen molar-refractivity contribution >= 4 is 27.0 Å². The molecule has 3 rings (SSSR count). The standard InChI is InChI=1S/C11H5BrN6/c12-7-3-8-11(15-5-7)9(1-2-14-8)18-6-16-10(4-13)17-18/h1-3,5-6H. The lowest BCUT2D eigenvalue weighted by Gasteiger charge is -2.04. The topological polar surface area (TPSA) is 80.3 Å². The maximum Gasteiger partial charge on any atom is 0.252 e. The van der Waals surface area contributed by atoms with Gasteiger partial charge < -0.3 is 0 Å². The van der Waals surface area contributed by atoms with Gasteiger partial charge in [0.25, 0.3) is 5.82 Å². The molecule has 0 aliphatic rings. The first-order valence-corrected chi connectivity index (χ1v) is 5.79. The average Bonchev–Trinajstić information content (AvgIpc) is 2.86. The summed E-state index contributed by atoms with van der Waals surface area (Å²) in [5.41, 5.74) is 2.19. The molecule has 0 saturated carbocycles. The quantitative estimate of drug-likeness (QED) is 0.685. The Morgan fingerprint density at radius 3 is 2.94 bits per heavy atom. The first-order valence-electron chi connectivity index (χ1n) is 5.00. The summed E-state index contributed by atoms with van der Waals surface area (Å²) in [6.07, 6.45) is 4.84. The zero-order valence-corrected chi connectivity index (χ0v) is 10.5. The fourth-order valence-electron chi connectivity index (χ4n) is 1.61. The summed E-state index contributed by atoms with van der Waals surface area (Å²) < 4.78 is 2.37. The largest absolute Gasteiger partial charge is 0.254 e. The number of halogens is 1. The van der Waals surface area contributed by atoms with Crippen LogP contribution in [-0.4, -0.2) is 24.7 Å². The third kappa shape index (κ3) is 1.72. The van der Waals surface area contributed by atoms with Gasteiger partial charge in [-0.1, -0.05) is 0 Å². The third-order valence-corrected chi connectivity index (χ3v) is 2.80. The molecule has 0 radical (unpaired) electrons. The highest BCUT2D eigenvalue weighted by Gasteiger charge is 2.08. The zero-order valence-electron chi connectivity index (χ0n) is 8.95. The summed E-state index contributed by atoms with van der Waals surface area (Å²) in [6.45, 7) is 0. The predicted octanol–water partition coefficient (Wildman–Crippen LogP) is 1.84. The molecule has 0 aliphatic heterocycles. The van der Waals surface area contributed by atoms with E-state index in [4.69, 9.17) is 5.26 Å². The molecule has 3 heterocycles. The fraction of sp³-hybridized carbons (Fsp3) is 0. The van der Waals surface area contributed by atoms with Crippen LogP contribution < -0.4 is 0 Å². The van der Waals surface area contributed by atoms with Crippen LogP contribution in [0, 0.1) is 11.3 Å². The lowest BCUT2D eigenvalue weighted by atomic mass is 10.3. The highest BCUT2D eigenvalue weighted by molar-refractivity contribution is 9.10. The summed E-state index contributed by atoms with van der Waals surface area (Å²) in [6, 6.07) is 5.53. The van der Waals surface area contributed by atoms with Crippen LogP contribution in [0.1, 0.15) is 5.82 Å². The van der Waals surface area contributed by atoms with E-state index < -0.39 is 0 Å². The van der Waals surface area contributed by atoms with Crippen molar-refractivity contribution in [2.75, 3.05) is 0 Å². The van der Waals surface area contributed by atoms with Crippen LogP contribution in [-0.2, 0) is 0 Å². The second-order valence-electron chi connectivity index (χ2n) is 3.48. The van der Waals surface area contributed by atoms with Gasteiger partial charge >= 0.3 is 0 Å². The molecular weight excluding hydrogens is 296 g/mol. The summed E-state index contributed by atoms with van der Waals surface area (Å²) in [4.78, 5) is 12.4. The minimum absolute atomic E-state index is 0.122. The highest BCUT2D eigenvalue weighted by atomic mass is 79.9. The first-order chi connectivity index (χ1) is 8.78. The number of hydrogen-bond donors (Lipinski definition) is 0. The van der Waals surface area contributed by atoms with Gasteiger partial charge in [0.15, 0.2) is 0 Å². The van der Waals surface area contributed by atoms with Crippen LogP contribution >= 0.6 is 15.9 Å². The molecule has 0 bridgehead atoms. The molecule has 0 amide bonds. The summed E-state index contributed by atoms with van der Waals surface area (Å²) in [5, 5.41) is 12.8. The molecule has 0 aliphatic carbocycles. The van der Waals surface area contributed by atoms with Crippen molar-refractivity contribution in [2.45, 2.75) is 0 Å². The van der Waals surface area contributed by atoms with Crippen LogP contribution in [0.15, 0.2) is 35.3 Å². The predicted molar refractivity (Wildman–Crippen MR) is 66.9 cm³/mol. The fourth-order valence-corrected chi connectivity index (χ4v) is 1.93. The summed E-state index contributed by atoms with van der Waals surface area (Å²) in [7, 11) is 0. The molecule has 18 heavy (non-hydrogen) atoms. The van der Waals surface area contributed by atoms with Gasteiger partial charge in [-0.05, 0) is 28.1 Å². The van der Waals surface area contributed by atoms with Crippen LogP contribution in [0.2, 0.25) is 0 Å². The molecule has 6 nitrogen and oxygen atoms in total. The van der Waals surface area contributed by atoms with Crippen LogP contribution in [0.25, 0.3) is 16.7 Å². The maximum absolute atomic E-state index is 8.72. The number of aromatic nitrogens is 5. The van der Waals surface area contributed by atoms with Crippen LogP contribution in [0.5, 0.6) is 0 Å². The maximum atomic E-state index is 8.72. The molecule has 0 N–H and O–H groups in total. The van der Waals surface area contributed by atoms with Crippen molar-refractivity contribution in [3.63, 3.8) is 0 Å². The molecule has 0 atom stereocenters. The molecule has 3 aromatic rings. The monoisotopic (exact) mass is 300 g/mol. The van der Waals surface area contributed by atoms with E-state index in [9.17, 15) is 0 Å². The van der Waals surface area contributed by atoms with Crippen molar-refractivity contribution in [3.05, 3.63) is 41.2 Å². The Bertz CT molecular complexity index is 773. The van der Waals surface area contributed by atoms with Crippen molar-refractivity contribution in [1.82, 2.24) is 24.7 Å². The minimum Gasteiger partial charge on any atom is -0.254 e. The van der Waals surface area contributed by atoms with E-state index in [-0.39, 0.29) is 5.82 Å². The molecule has 0 spiro atoms. The molecule has 0 fully saturated rings. The molecule has 0 saturated heterocycles. The molecule has 3 aromatic heterocycles. The molecule has 0 unspecified atom stereocenters. The Balaban J connectivity index is 2.26. The van der Waals surface area contributed by atoms with Gasteiger partial charge in [-0.2, -0.15) is 5.26 Å². The lowest BCUT2D eigenvalue weighted by molar-refractivity contribution is 0.875. The third-order valence-electron chi connectivity index (χ3n) is 2.36. The van der Waals surface area contributed by atoms with Crippen LogP contribution in [0.4, 0.5) is 0 Å². The molecular formula is C11H5BrN6. The number of rotatable bonds is 1. The number of nitriles is 1. The molecule has 86 valence electrons. The highest BCUT2D eigenvalue weighted by Crippen LogP contribution is 2.20. The van der Waals surface area contributed by atoms with E-state index in [1.807, 2.05) is 12.1 Å². The number of hydrogen-bond acceptors (Lipinski definition) is 5. The van der Waals surface area contributed by atoms with Crippen LogP contribution in [0.3, 0.4) is 0 Å². The van der Waals surface area contributed by atoms with Gasteiger partial charge in [0.2, 0.25) is 0 Å². The van der Waals surface area contributed by atoms with E-state index in [1.54, 1.807) is 18.5 Å². The van der Waals surface area contributed by atoms with Gasteiger partial charge in [0.05, 0.1) is 11.2 Å². The normalized spacial score (nSPS) is 10.4. The Labute approximate surface area is 110 Å². The SMILES string of the molecule is N#Cc1ncn(-c2ccnc3cc(Br)cnc23)n1.